The number of primary amides is 1. The number of hydrogen-bond acceptors (Lipinski definition) is 2. The van der Waals surface area contributed by atoms with Gasteiger partial charge in [-0.2, -0.15) is 0 Å². The molecule has 1 aliphatic heterocycles. The fourth-order valence-electron chi connectivity index (χ4n) is 0.814. The molecule has 3 heteroatoms. The molecule has 0 spiro atoms. The molecule has 1 heterocycles. The molecule has 1 saturated heterocycles. The average Bonchev–Trinajstić information content (AvgIpc) is 1.82. The summed E-state index contributed by atoms with van der Waals surface area (Å²) in [5, 5.41) is 0. The fraction of sp³-hybridized carbons (Fsp3) is 0.833. The van der Waals surface area contributed by atoms with E-state index in [0.29, 0.717) is 6.61 Å². The van der Waals surface area contributed by atoms with Crippen molar-refractivity contribution in [1.29, 1.82) is 0 Å². The first-order valence-corrected chi connectivity index (χ1v) is 3.01. The molecule has 2 unspecified atom stereocenters. The second kappa shape index (κ2) is 1.70. The molecule has 3 nitrogen and oxygen atoms in total. The number of rotatable bonds is 1. The highest BCUT2D eigenvalue weighted by atomic mass is 16.5. The Morgan fingerprint density at radius 1 is 1.89 bits per heavy atom. The normalized spacial score (nSPS) is 41.8. The molecule has 1 rings (SSSR count). The lowest BCUT2D eigenvalue weighted by atomic mass is 9.85. The van der Waals surface area contributed by atoms with E-state index in [0.717, 1.165) is 0 Å². The Morgan fingerprint density at radius 3 is 2.44 bits per heavy atom. The number of carbonyl (C=O) groups is 1. The third-order valence-corrected chi connectivity index (χ3v) is 2.06. The molecule has 2 atom stereocenters. The lowest BCUT2D eigenvalue weighted by Crippen LogP contribution is -2.58. The van der Waals surface area contributed by atoms with Crippen molar-refractivity contribution >= 4 is 5.91 Å². The fourth-order valence-corrected chi connectivity index (χ4v) is 0.814. The van der Waals surface area contributed by atoms with Gasteiger partial charge in [-0.05, 0) is 6.92 Å². The summed E-state index contributed by atoms with van der Waals surface area (Å²) in [5.41, 5.74) is 4.38. The summed E-state index contributed by atoms with van der Waals surface area (Å²) in [6, 6.07) is 0. The van der Waals surface area contributed by atoms with Crippen LogP contribution in [0.1, 0.15) is 13.8 Å². The predicted molar refractivity (Wildman–Crippen MR) is 32.7 cm³/mol. The summed E-state index contributed by atoms with van der Waals surface area (Å²) >= 11 is 0. The van der Waals surface area contributed by atoms with Crippen LogP contribution in [0.3, 0.4) is 0 Å². The molecule has 0 aromatic rings. The molecule has 0 aromatic carbocycles. The van der Waals surface area contributed by atoms with Crippen molar-refractivity contribution in [3.63, 3.8) is 0 Å². The number of amides is 1. The Bertz CT molecular complexity index is 146. The Labute approximate surface area is 54.2 Å². The Balaban J connectivity index is 2.64. The van der Waals surface area contributed by atoms with Crippen LogP contribution in [0, 0.1) is 5.92 Å². The van der Waals surface area contributed by atoms with E-state index < -0.39 is 5.60 Å². The maximum Gasteiger partial charge on any atom is 0.249 e. The zero-order valence-corrected chi connectivity index (χ0v) is 5.68. The van der Waals surface area contributed by atoms with E-state index in [4.69, 9.17) is 10.5 Å². The smallest absolute Gasteiger partial charge is 0.249 e. The molecule has 0 bridgehead atoms. The Morgan fingerprint density at radius 2 is 2.44 bits per heavy atom. The van der Waals surface area contributed by atoms with Crippen LogP contribution in [0.25, 0.3) is 0 Å². The lowest BCUT2D eigenvalue weighted by molar-refractivity contribution is -0.192. The van der Waals surface area contributed by atoms with Gasteiger partial charge in [0.2, 0.25) is 5.91 Å². The van der Waals surface area contributed by atoms with Crippen LogP contribution in [0.2, 0.25) is 0 Å². The van der Waals surface area contributed by atoms with Crippen LogP contribution >= 0.6 is 0 Å². The van der Waals surface area contributed by atoms with Gasteiger partial charge in [0.1, 0.15) is 5.60 Å². The van der Waals surface area contributed by atoms with E-state index in [2.05, 4.69) is 0 Å². The topological polar surface area (TPSA) is 52.3 Å². The molecule has 1 fully saturated rings. The molecule has 0 radical (unpaired) electrons. The summed E-state index contributed by atoms with van der Waals surface area (Å²) in [6.07, 6.45) is 0. The number of ether oxygens (including phenoxy) is 1. The molecule has 9 heavy (non-hydrogen) atoms. The van der Waals surface area contributed by atoms with Crippen LogP contribution in [0.15, 0.2) is 0 Å². The van der Waals surface area contributed by atoms with E-state index in [1.165, 1.54) is 0 Å². The molecule has 0 aromatic heterocycles. The highest BCUT2D eigenvalue weighted by Gasteiger charge is 2.46. The molecule has 1 aliphatic rings. The zero-order chi connectivity index (χ0) is 7.07. The monoisotopic (exact) mass is 129 g/mol. The number of hydrogen-bond donors (Lipinski definition) is 1. The molecule has 1 amide bonds. The highest BCUT2D eigenvalue weighted by molar-refractivity contribution is 5.84. The lowest BCUT2D eigenvalue weighted by Gasteiger charge is -2.42. The predicted octanol–water partition coefficient (Wildman–Crippen LogP) is -0.103. The van der Waals surface area contributed by atoms with Crippen molar-refractivity contribution in [2.24, 2.45) is 11.7 Å². The molecule has 0 aliphatic carbocycles. The van der Waals surface area contributed by atoms with Crippen molar-refractivity contribution in [2.45, 2.75) is 19.4 Å². The largest absolute Gasteiger partial charge is 0.367 e. The van der Waals surface area contributed by atoms with Crippen molar-refractivity contribution in [1.82, 2.24) is 0 Å². The molecule has 2 N–H and O–H groups in total. The van der Waals surface area contributed by atoms with Gasteiger partial charge in [-0.3, -0.25) is 4.79 Å². The van der Waals surface area contributed by atoms with E-state index in [9.17, 15) is 4.79 Å². The first-order valence-electron chi connectivity index (χ1n) is 3.01. The summed E-state index contributed by atoms with van der Waals surface area (Å²) in [4.78, 5) is 10.6. The van der Waals surface area contributed by atoms with Gasteiger partial charge in [0, 0.05) is 5.92 Å². The Hall–Kier alpha value is -0.570. The standard InChI is InChI=1S/C6H11NO2/c1-4-3-9-6(4,2)5(7)8/h4H,3H2,1-2H3,(H2,7,8). The maximum absolute atomic E-state index is 10.6. The van der Waals surface area contributed by atoms with Crippen molar-refractivity contribution in [2.75, 3.05) is 6.61 Å². The van der Waals surface area contributed by atoms with Crippen LogP contribution in [-0.4, -0.2) is 18.1 Å². The second-order valence-corrected chi connectivity index (χ2v) is 2.68. The van der Waals surface area contributed by atoms with Gasteiger partial charge in [-0.1, -0.05) is 6.92 Å². The third-order valence-electron chi connectivity index (χ3n) is 2.06. The number of nitrogens with two attached hydrogens (primary N) is 1. The summed E-state index contributed by atoms with van der Waals surface area (Å²) in [5.74, 6) is -0.0868. The van der Waals surface area contributed by atoms with Gasteiger partial charge in [0.05, 0.1) is 6.61 Å². The molecular formula is C6H11NO2. The quantitative estimate of drug-likeness (QED) is 0.537. The van der Waals surface area contributed by atoms with Crippen LogP contribution in [0.5, 0.6) is 0 Å². The van der Waals surface area contributed by atoms with Gasteiger partial charge in [-0.25, -0.2) is 0 Å². The van der Waals surface area contributed by atoms with Crippen molar-refractivity contribution < 1.29 is 9.53 Å². The molecule has 0 saturated carbocycles. The van der Waals surface area contributed by atoms with Crippen molar-refractivity contribution in [3.8, 4) is 0 Å². The minimum absolute atomic E-state index is 0.273. The minimum Gasteiger partial charge on any atom is -0.367 e. The van der Waals surface area contributed by atoms with Gasteiger partial charge < -0.3 is 10.5 Å². The van der Waals surface area contributed by atoms with Crippen molar-refractivity contribution in [3.05, 3.63) is 0 Å². The van der Waals surface area contributed by atoms with Crippen LogP contribution in [-0.2, 0) is 9.53 Å². The Kier molecular flexibility index (Phi) is 1.24. The second-order valence-electron chi connectivity index (χ2n) is 2.68. The zero-order valence-electron chi connectivity index (χ0n) is 5.68. The van der Waals surface area contributed by atoms with Gasteiger partial charge in [0.25, 0.3) is 0 Å². The highest BCUT2D eigenvalue weighted by Crippen LogP contribution is 2.31. The van der Waals surface area contributed by atoms with Gasteiger partial charge in [0.15, 0.2) is 0 Å². The molecular weight excluding hydrogens is 118 g/mol. The first-order chi connectivity index (χ1) is 4.07. The van der Waals surface area contributed by atoms with E-state index in [1.807, 2.05) is 6.92 Å². The maximum atomic E-state index is 10.6. The van der Waals surface area contributed by atoms with Crippen LogP contribution < -0.4 is 5.73 Å². The van der Waals surface area contributed by atoms with Gasteiger partial charge >= 0.3 is 0 Å². The van der Waals surface area contributed by atoms with Crippen LogP contribution in [0.4, 0.5) is 0 Å². The summed E-state index contributed by atoms with van der Waals surface area (Å²) < 4.78 is 5.02. The molecule has 52 valence electrons. The van der Waals surface area contributed by atoms with E-state index >= 15 is 0 Å². The van der Waals surface area contributed by atoms with E-state index in [-0.39, 0.29) is 11.8 Å². The summed E-state index contributed by atoms with van der Waals surface area (Å²) in [7, 11) is 0. The third kappa shape index (κ3) is 0.721. The minimum atomic E-state index is -0.681. The van der Waals surface area contributed by atoms with Gasteiger partial charge in [-0.15, -0.1) is 0 Å². The SMILES string of the molecule is CC1COC1(C)C(N)=O. The average molecular weight is 129 g/mol. The summed E-state index contributed by atoms with van der Waals surface area (Å²) in [6.45, 7) is 4.33. The number of carbonyl (C=O) groups excluding carboxylic acids is 1. The van der Waals surface area contributed by atoms with E-state index in [1.54, 1.807) is 6.92 Å². The first kappa shape index (κ1) is 6.55.